The first-order valence-corrected chi connectivity index (χ1v) is 4.40. The zero-order valence-electron chi connectivity index (χ0n) is 7.75. The molecule has 1 rings (SSSR count). The van der Waals surface area contributed by atoms with Crippen molar-refractivity contribution in [2.45, 2.75) is 26.3 Å². The number of hydrogen-bond acceptors (Lipinski definition) is 3. The smallest absolute Gasteiger partial charge is 0.0725 e. The van der Waals surface area contributed by atoms with Crippen molar-refractivity contribution in [2.75, 3.05) is 13.6 Å². The van der Waals surface area contributed by atoms with Gasteiger partial charge in [-0.25, -0.2) is 4.68 Å². The molecule has 4 nitrogen and oxygen atoms in total. The molecule has 0 fully saturated rings. The number of likely N-dealkylation sites (N-methyl/N-ethyl adjacent to an activating group) is 1. The minimum absolute atomic E-state index is 0.971. The van der Waals surface area contributed by atoms with E-state index in [-0.39, 0.29) is 0 Å². The number of nitrogens with one attached hydrogen (secondary N) is 1. The van der Waals surface area contributed by atoms with E-state index >= 15 is 0 Å². The highest BCUT2D eigenvalue weighted by Gasteiger charge is 2.00. The Kier molecular flexibility index (Phi) is 3.73. The van der Waals surface area contributed by atoms with E-state index in [1.54, 1.807) is 0 Å². The summed E-state index contributed by atoms with van der Waals surface area (Å²) in [6.45, 7) is 4.10. The molecule has 1 N–H and O–H groups in total. The van der Waals surface area contributed by atoms with Crippen molar-refractivity contribution >= 4 is 0 Å². The molecule has 0 saturated carbocycles. The fourth-order valence-electron chi connectivity index (χ4n) is 1.13. The highest BCUT2D eigenvalue weighted by molar-refractivity contribution is 4.94. The Morgan fingerprint density at radius 2 is 2.42 bits per heavy atom. The topological polar surface area (TPSA) is 42.7 Å². The summed E-state index contributed by atoms with van der Waals surface area (Å²) in [4.78, 5) is 0. The first-order valence-electron chi connectivity index (χ1n) is 4.40. The zero-order valence-corrected chi connectivity index (χ0v) is 7.75. The van der Waals surface area contributed by atoms with Crippen LogP contribution in [0.5, 0.6) is 0 Å². The fraction of sp³-hybridized carbons (Fsp3) is 0.750. The second kappa shape index (κ2) is 4.87. The lowest BCUT2D eigenvalue weighted by molar-refractivity contribution is 0.551. The number of aromatic nitrogens is 3. The lowest BCUT2D eigenvalue weighted by atomic mass is 10.3. The van der Waals surface area contributed by atoms with E-state index in [1.165, 1.54) is 5.69 Å². The lowest BCUT2D eigenvalue weighted by Crippen LogP contribution is -2.13. The molecule has 68 valence electrons. The van der Waals surface area contributed by atoms with Gasteiger partial charge in [-0.15, -0.1) is 5.10 Å². The molecule has 0 saturated heterocycles. The predicted molar refractivity (Wildman–Crippen MR) is 47.9 cm³/mol. The van der Waals surface area contributed by atoms with Gasteiger partial charge in [-0.05, 0) is 13.5 Å². The highest BCUT2D eigenvalue weighted by atomic mass is 15.4. The average molecular weight is 168 g/mol. The minimum atomic E-state index is 0.971. The first-order chi connectivity index (χ1) is 5.88. The Hall–Kier alpha value is -0.900. The normalized spacial score (nSPS) is 10.5. The third kappa shape index (κ3) is 2.30. The SMILES string of the molecule is CCCn1nncc1CCNC. The Labute approximate surface area is 73.0 Å². The molecule has 0 unspecified atom stereocenters. The van der Waals surface area contributed by atoms with Gasteiger partial charge < -0.3 is 5.32 Å². The van der Waals surface area contributed by atoms with Crippen molar-refractivity contribution in [3.05, 3.63) is 11.9 Å². The van der Waals surface area contributed by atoms with Crippen LogP contribution < -0.4 is 5.32 Å². The largest absolute Gasteiger partial charge is 0.319 e. The van der Waals surface area contributed by atoms with Gasteiger partial charge in [0.2, 0.25) is 0 Å². The molecule has 12 heavy (non-hydrogen) atoms. The third-order valence-electron chi connectivity index (χ3n) is 1.76. The Morgan fingerprint density at radius 1 is 1.58 bits per heavy atom. The van der Waals surface area contributed by atoms with Crippen molar-refractivity contribution in [3.8, 4) is 0 Å². The molecule has 0 bridgehead atoms. The summed E-state index contributed by atoms with van der Waals surface area (Å²) in [6.07, 6.45) is 3.95. The van der Waals surface area contributed by atoms with Crippen LogP contribution in [0, 0.1) is 0 Å². The fourth-order valence-corrected chi connectivity index (χ4v) is 1.13. The van der Waals surface area contributed by atoms with Gasteiger partial charge in [-0.3, -0.25) is 0 Å². The van der Waals surface area contributed by atoms with E-state index in [0.29, 0.717) is 0 Å². The van der Waals surface area contributed by atoms with E-state index in [9.17, 15) is 0 Å². The number of nitrogens with zero attached hydrogens (tertiary/aromatic N) is 3. The van der Waals surface area contributed by atoms with E-state index in [4.69, 9.17) is 0 Å². The maximum Gasteiger partial charge on any atom is 0.0725 e. The molecule has 1 aromatic heterocycles. The van der Waals surface area contributed by atoms with Gasteiger partial charge in [0, 0.05) is 19.5 Å². The molecule has 0 radical (unpaired) electrons. The van der Waals surface area contributed by atoms with E-state index in [1.807, 2.05) is 17.9 Å². The maximum atomic E-state index is 4.00. The van der Waals surface area contributed by atoms with Gasteiger partial charge >= 0.3 is 0 Å². The van der Waals surface area contributed by atoms with Crippen molar-refractivity contribution < 1.29 is 0 Å². The van der Waals surface area contributed by atoms with Gasteiger partial charge in [0.25, 0.3) is 0 Å². The van der Waals surface area contributed by atoms with Crippen molar-refractivity contribution in [1.82, 2.24) is 20.3 Å². The van der Waals surface area contributed by atoms with Crippen LogP contribution in [0.4, 0.5) is 0 Å². The van der Waals surface area contributed by atoms with Crippen LogP contribution in [0.25, 0.3) is 0 Å². The van der Waals surface area contributed by atoms with E-state index < -0.39 is 0 Å². The predicted octanol–water partition coefficient (Wildman–Crippen LogP) is 0.450. The van der Waals surface area contributed by atoms with Crippen LogP contribution in [0.15, 0.2) is 6.20 Å². The van der Waals surface area contributed by atoms with E-state index in [0.717, 1.165) is 25.9 Å². The number of hydrogen-bond donors (Lipinski definition) is 1. The molecule has 0 spiro atoms. The van der Waals surface area contributed by atoms with Gasteiger partial charge in [0.05, 0.1) is 11.9 Å². The molecular formula is C8H16N4. The van der Waals surface area contributed by atoms with Gasteiger partial charge in [-0.2, -0.15) is 0 Å². The third-order valence-corrected chi connectivity index (χ3v) is 1.76. The first kappa shape index (κ1) is 9.19. The summed E-state index contributed by atoms with van der Waals surface area (Å²) < 4.78 is 1.97. The van der Waals surface area contributed by atoms with Crippen LogP contribution in [0.2, 0.25) is 0 Å². The summed E-state index contributed by atoms with van der Waals surface area (Å²) >= 11 is 0. The maximum absolute atomic E-state index is 4.00. The molecule has 1 heterocycles. The van der Waals surface area contributed by atoms with Gasteiger partial charge in [-0.1, -0.05) is 12.1 Å². The standard InChI is InChI=1S/C8H16N4/c1-3-6-12-8(4-5-9-2)7-10-11-12/h7,9H,3-6H2,1-2H3. The van der Waals surface area contributed by atoms with Gasteiger partial charge in [0.1, 0.15) is 0 Å². The quantitative estimate of drug-likeness (QED) is 0.694. The van der Waals surface area contributed by atoms with Crippen LogP contribution in [-0.2, 0) is 13.0 Å². The van der Waals surface area contributed by atoms with Crippen molar-refractivity contribution in [2.24, 2.45) is 0 Å². The van der Waals surface area contributed by atoms with Gasteiger partial charge in [0.15, 0.2) is 0 Å². The van der Waals surface area contributed by atoms with Crippen LogP contribution >= 0.6 is 0 Å². The molecule has 0 atom stereocenters. The molecule has 1 aromatic rings. The lowest BCUT2D eigenvalue weighted by Gasteiger charge is -2.02. The molecule has 0 aromatic carbocycles. The zero-order chi connectivity index (χ0) is 8.81. The van der Waals surface area contributed by atoms with Crippen LogP contribution in [0.3, 0.4) is 0 Å². The molecule has 0 aliphatic carbocycles. The molecule has 4 heteroatoms. The molecular weight excluding hydrogens is 152 g/mol. The van der Waals surface area contributed by atoms with Crippen molar-refractivity contribution in [3.63, 3.8) is 0 Å². The van der Waals surface area contributed by atoms with Crippen LogP contribution in [0.1, 0.15) is 19.0 Å². The van der Waals surface area contributed by atoms with E-state index in [2.05, 4.69) is 22.6 Å². The molecule has 0 amide bonds. The Bertz CT molecular complexity index is 219. The highest BCUT2D eigenvalue weighted by Crippen LogP contribution is 1.97. The number of aryl methyl sites for hydroxylation is 1. The van der Waals surface area contributed by atoms with Crippen LogP contribution in [-0.4, -0.2) is 28.6 Å². The average Bonchev–Trinajstić information content (AvgIpc) is 2.50. The Balaban J connectivity index is 2.51. The summed E-state index contributed by atoms with van der Waals surface area (Å²) in [6, 6.07) is 0. The second-order valence-corrected chi connectivity index (χ2v) is 2.80. The molecule has 0 aliphatic heterocycles. The summed E-state index contributed by atoms with van der Waals surface area (Å²) in [5, 5.41) is 11.0. The molecule has 0 aliphatic rings. The summed E-state index contributed by atoms with van der Waals surface area (Å²) in [7, 11) is 1.95. The summed E-state index contributed by atoms with van der Waals surface area (Å²) in [5.41, 5.74) is 1.21. The minimum Gasteiger partial charge on any atom is -0.319 e. The van der Waals surface area contributed by atoms with Crippen molar-refractivity contribution in [1.29, 1.82) is 0 Å². The summed E-state index contributed by atoms with van der Waals surface area (Å²) in [5.74, 6) is 0. The monoisotopic (exact) mass is 168 g/mol. The number of rotatable bonds is 5. The Morgan fingerprint density at radius 3 is 3.08 bits per heavy atom. The second-order valence-electron chi connectivity index (χ2n) is 2.80.